The molecule has 56 heavy (non-hydrogen) atoms. The lowest BCUT2D eigenvalue weighted by Gasteiger charge is -2.26. The second kappa shape index (κ2) is 14.3. The number of para-hydroxylation sites is 2. The minimum Gasteiger partial charge on any atom is -0.311 e. The van der Waals surface area contributed by atoms with E-state index in [0.29, 0.717) is 5.82 Å². The van der Waals surface area contributed by atoms with Crippen LogP contribution in [0.3, 0.4) is 0 Å². The Morgan fingerprint density at radius 3 is 1.50 bits per heavy atom. The predicted molar refractivity (Wildman–Crippen MR) is 230 cm³/mol. The molecule has 0 unspecified atom stereocenters. The van der Waals surface area contributed by atoms with Crippen LogP contribution in [-0.2, 0) is 0 Å². The zero-order valence-corrected chi connectivity index (χ0v) is 30.4. The molecule has 10 rings (SSSR count). The normalized spacial score (nSPS) is 11.2. The van der Waals surface area contributed by atoms with Gasteiger partial charge in [0.15, 0.2) is 5.82 Å². The summed E-state index contributed by atoms with van der Waals surface area (Å²) in [6.45, 7) is 0. The van der Waals surface area contributed by atoms with Crippen LogP contribution in [0.2, 0.25) is 0 Å². The summed E-state index contributed by atoms with van der Waals surface area (Å²) >= 11 is 0. The molecule has 0 bridgehead atoms. The summed E-state index contributed by atoms with van der Waals surface area (Å²) in [5.74, 6) is 0.715. The minimum absolute atomic E-state index is 0.715. The number of fused-ring (bicyclic) bond motifs is 2. The zero-order chi connectivity index (χ0) is 37.3. The molecule has 10 aromatic rings. The molecule has 0 aliphatic heterocycles. The molecular weight excluding hydrogens is 683 g/mol. The first kappa shape index (κ1) is 33.0. The number of pyridine rings is 1. The zero-order valence-electron chi connectivity index (χ0n) is 30.4. The van der Waals surface area contributed by atoms with E-state index in [-0.39, 0.29) is 0 Å². The number of benzene rings is 7. The molecule has 3 heterocycles. The highest BCUT2D eigenvalue weighted by Gasteiger charge is 2.18. The van der Waals surface area contributed by atoms with Crippen molar-refractivity contribution in [2.24, 2.45) is 0 Å². The Labute approximate surface area is 325 Å². The molecule has 0 fully saturated rings. The molecule has 3 aromatic heterocycles. The van der Waals surface area contributed by atoms with Crippen LogP contribution < -0.4 is 4.90 Å². The molecule has 5 heteroatoms. The van der Waals surface area contributed by atoms with E-state index in [0.717, 1.165) is 84.1 Å². The monoisotopic (exact) mass is 717 g/mol. The number of nitrogens with zero attached hydrogens (tertiary/aromatic N) is 5. The Balaban J connectivity index is 0.966. The molecule has 0 atom stereocenters. The van der Waals surface area contributed by atoms with Crippen LogP contribution in [0.1, 0.15) is 0 Å². The van der Waals surface area contributed by atoms with Gasteiger partial charge in [0.05, 0.1) is 22.6 Å². The maximum absolute atomic E-state index is 5.06. The Morgan fingerprint density at radius 1 is 0.339 bits per heavy atom. The lowest BCUT2D eigenvalue weighted by atomic mass is 10.0. The van der Waals surface area contributed by atoms with Gasteiger partial charge in [-0.25, -0.2) is 15.0 Å². The van der Waals surface area contributed by atoms with Gasteiger partial charge in [-0.15, -0.1) is 0 Å². The van der Waals surface area contributed by atoms with Crippen molar-refractivity contribution in [1.82, 2.24) is 19.4 Å². The fraction of sp³-hybridized carbons (Fsp3) is 0. The molecule has 0 aliphatic carbocycles. The van der Waals surface area contributed by atoms with E-state index in [1.807, 2.05) is 42.5 Å². The van der Waals surface area contributed by atoms with Crippen LogP contribution in [0.5, 0.6) is 0 Å². The van der Waals surface area contributed by atoms with Gasteiger partial charge in [0.1, 0.15) is 5.65 Å². The Morgan fingerprint density at radius 2 is 0.839 bits per heavy atom. The largest absolute Gasteiger partial charge is 0.311 e. The number of hydrogen-bond acceptors (Lipinski definition) is 4. The topological polar surface area (TPSA) is 46.3 Å². The van der Waals surface area contributed by atoms with Crippen LogP contribution in [0.4, 0.5) is 17.1 Å². The van der Waals surface area contributed by atoms with Gasteiger partial charge in [0.25, 0.3) is 0 Å². The van der Waals surface area contributed by atoms with Gasteiger partial charge in [0, 0.05) is 50.9 Å². The Hall–Kier alpha value is -7.63. The van der Waals surface area contributed by atoms with E-state index in [2.05, 4.69) is 179 Å². The molecule has 0 saturated carbocycles. The number of hydrogen-bond donors (Lipinski definition) is 0. The third-order valence-corrected chi connectivity index (χ3v) is 10.2. The molecule has 0 spiro atoms. The highest BCUT2D eigenvalue weighted by atomic mass is 15.1. The third kappa shape index (κ3) is 6.17. The number of aromatic nitrogens is 4. The summed E-state index contributed by atoms with van der Waals surface area (Å²) in [6.07, 6.45) is 2.09. The van der Waals surface area contributed by atoms with Gasteiger partial charge in [-0.1, -0.05) is 152 Å². The number of rotatable bonds is 8. The summed E-state index contributed by atoms with van der Waals surface area (Å²) in [5.41, 5.74) is 14.6. The van der Waals surface area contributed by atoms with E-state index < -0.39 is 0 Å². The standard InChI is InChI=1S/C51H35N5/c1-4-14-38(15-5-1)48-45-20-10-11-21-46(45)52-51(54-48)41-25-23-36(24-26-41)37-27-31-43(32-28-37)56(42-18-8-3-9-19-42)44-33-29-40(30-34-44)50-49(39-16-6-2-7-17-39)53-47-22-12-13-35-55(47)50/h1-35H. The molecule has 0 N–H and O–H groups in total. The van der Waals surface area contributed by atoms with Gasteiger partial charge < -0.3 is 4.90 Å². The molecule has 0 amide bonds. The SMILES string of the molecule is c1ccc(-c2nc3ccccn3c2-c2ccc(N(c3ccccc3)c3ccc(-c4ccc(-c5nc(-c6ccccc6)c6ccccc6n5)cc4)cc3)cc2)cc1. The van der Waals surface area contributed by atoms with Gasteiger partial charge >= 0.3 is 0 Å². The Kier molecular flexibility index (Phi) is 8.43. The molecule has 264 valence electrons. The molecular formula is C51H35N5. The van der Waals surface area contributed by atoms with Crippen molar-refractivity contribution >= 4 is 33.6 Å². The smallest absolute Gasteiger partial charge is 0.160 e. The van der Waals surface area contributed by atoms with Gasteiger partial charge in [-0.3, -0.25) is 4.40 Å². The summed E-state index contributed by atoms with van der Waals surface area (Å²) in [5, 5.41) is 1.05. The highest BCUT2D eigenvalue weighted by Crippen LogP contribution is 2.39. The maximum Gasteiger partial charge on any atom is 0.160 e. The molecule has 5 nitrogen and oxygen atoms in total. The highest BCUT2D eigenvalue weighted by molar-refractivity contribution is 5.93. The first-order valence-electron chi connectivity index (χ1n) is 18.8. The second-order valence-corrected chi connectivity index (χ2v) is 13.7. The van der Waals surface area contributed by atoms with Crippen molar-refractivity contribution in [1.29, 1.82) is 0 Å². The van der Waals surface area contributed by atoms with Gasteiger partial charge in [-0.2, -0.15) is 0 Å². The van der Waals surface area contributed by atoms with Gasteiger partial charge in [-0.05, 0) is 65.7 Å². The second-order valence-electron chi connectivity index (χ2n) is 13.7. The van der Waals surface area contributed by atoms with Crippen molar-refractivity contribution in [2.45, 2.75) is 0 Å². The average Bonchev–Trinajstić information content (AvgIpc) is 3.67. The van der Waals surface area contributed by atoms with E-state index in [1.165, 1.54) is 0 Å². The Bertz CT molecular complexity index is 2920. The van der Waals surface area contributed by atoms with Crippen LogP contribution >= 0.6 is 0 Å². The van der Waals surface area contributed by atoms with Crippen LogP contribution in [0, 0.1) is 0 Å². The maximum atomic E-state index is 5.06. The van der Waals surface area contributed by atoms with E-state index in [9.17, 15) is 0 Å². The van der Waals surface area contributed by atoms with Crippen LogP contribution in [0.15, 0.2) is 212 Å². The van der Waals surface area contributed by atoms with E-state index in [4.69, 9.17) is 15.0 Å². The number of anilines is 3. The van der Waals surface area contributed by atoms with Crippen molar-refractivity contribution < 1.29 is 0 Å². The molecule has 7 aromatic carbocycles. The van der Waals surface area contributed by atoms with E-state index in [1.54, 1.807) is 0 Å². The first-order valence-corrected chi connectivity index (χ1v) is 18.8. The van der Waals surface area contributed by atoms with Crippen molar-refractivity contribution in [3.63, 3.8) is 0 Å². The van der Waals surface area contributed by atoms with Crippen molar-refractivity contribution in [3.8, 4) is 56.3 Å². The van der Waals surface area contributed by atoms with Crippen LogP contribution in [0.25, 0.3) is 72.8 Å². The molecule has 0 aliphatic rings. The summed E-state index contributed by atoms with van der Waals surface area (Å²) in [7, 11) is 0. The minimum atomic E-state index is 0.715. The lowest BCUT2D eigenvalue weighted by molar-refractivity contribution is 1.19. The fourth-order valence-corrected chi connectivity index (χ4v) is 7.50. The summed E-state index contributed by atoms with van der Waals surface area (Å²) in [6, 6.07) is 71.7. The lowest BCUT2D eigenvalue weighted by Crippen LogP contribution is -2.09. The third-order valence-electron chi connectivity index (χ3n) is 10.2. The molecule has 0 saturated heterocycles. The molecule has 0 radical (unpaired) electrons. The van der Waals surface area contributed by atoms with E-state index >= 15 is 0 Å². The quantitative estimate of drug-likeness (QED) is 0.157. The average molecular weight is 718 g/mol. The van der Waals surface area contributed by atoms with Crippen molar-refractivity contribution in [2.75, 3.05) is 4.90 Å². The fourth-order valence-electron chi connectivity index (χ4n) is 7.50. The number of imidazole rings is 1. The van der Waals surface area contributed by atoms with Gasteiger partial charge in [0.2, 0.25) is 0 Å². The predicted octanol–water partition coefficient (Wildman–Crippen LogP) is 13.1. The van der Waals surface area contributed by atoms with Crippen molar-refractivity contribution in [3.05, 3.63) is 212 Å². The summed E-state index contributed by atoms with van der Waals surface area (Å²) < 4.78 is 2.17. The summed E-state index contributed by atoms with van der Waals surface area (Å²) in [4.78, 5) is 17.3. The first-order chi connectivity index (χ1) is 27.8. The van der Waals surface area contributed by atoms with Crippen LogP contribution in [-0.4, -0.2) is 19.4 Å².